The fraction of sp³-hybridized carbons (Fsp3) is 0.429. The van der Waals surface area contributed by atoms with Crippen molar-refractivity contribution in [1.82, 2.24) is 14.9 Å². The number of amides is 1. The highest BCUT2D eigenvalue weighted by molar-refractivity contribution is 5.96. The quantitative estimate of drug-likeness (QED) is 0.768. The smallest absolute Gasteiger partial charge is 0.323 e. The van der Waals surface area contributed by atoms with Crippen LogP contribution in [0.15, 0.2) is 23.0 Å². The average molecular weight is 290 g/mol. The van der Waals surface area contributed by atoms with Crippen molar-refractivity contribution in [2.24, 2.45) is 0 Å². The van der Waals surface area contributed by atoms with Crippen LogP contribution in [0.5, 0.6) is 0 Å². The van der Waals surface area contributed by atoms with Gasteiger partial charge in [0.05, 0.1) is 30.3 Å². The summed E-state index contributed by atoms with van der Waals surface area (Å²) in [6, 6.07) is 5.07. The van der Waals surface area contributed by atoms with E-state index in [4.69, 9.17) is 4.74 Å². The lowest BCUT2D eigenvalue weighted by Crippen LogP contribution is -2.47. The van der Waals surface area contributed by atoms with Gasteiger partial charge in [0.25, 0.3) is 0 Å². The van der Waals surface area contributed by atoms with E-state index in [-0.39, 0.29) is 17.6 Å². The third-order valence-electron chi connectivity index (χ3n) is 3.76. The van der Waals surface area contributed by atoms with Gasteiger partial charge in [-0.05, 0) is 25.1 Å². The normalized spacial score (nSPS) is 17.8. The number of carbonyl (C=O) groups is 1. The van der Waals surface area contributed by atoms with Gasteiger partial charge in [-0.3, -0.25) is 9.69 Å². The lowest BCUT2D eigenvalue weighted by atomic mass is 10.2. The number of nitrogens with zero attached hydrogens (tertiary/aromatic N) is 1. The number of aromatic nitrogens is 2. The van der Waals surface area contributed by atoms with Crippen LogP contribution >= 0.6 is 0 Å². The molecule has 7 nitrogen and oxygen atoms in total. The standard InChI is InChI=1S/C14H18N4O3/c1-9(18-4-6-21-7-5-18)13(19)15-10-2-3-11-12(8-10)17-14(20)16-11/h2-3,8-9H,4-7H2,1H3,(H,15,19)(H2,16,17,20). The van der Waals surface area contributed by atoms with Gasteiger partial charge in [-0.25, -0.2) is 4.79 Å². The van der Waals surface area contributed by atoms with E-state index in [1.165, 1.54) is 0 Å². The van der Waals surface area contributed by atoms with Crippen LogP contribution < -0.4 is 11.0 Å². The summed E-state index contributed by atoms with van der Waals surface area (Å²) in [5.41, 5.74) is 1.81. The number of rotatable bonds is 3. The van der Waals surface area contributed by atoms with Gasteiger partial charge in [0.15, 0.2) is 0 Å². The third kappa shape index (κ3) is 2.98. The van der Waals surface area contributed by atoms with Crippen LogP contribution in [0, 0.1) is 0 Å². The van der Waals surface area contributed by atoms with Crippen molar-refractivity contribution >= 4 is 22.6 Å². The Morgan fingerprint density at radius 3 is 2.76 bits per heavy atom. The van der Waals surface area contributed by atoms with E-state index in [9.17, 15) is 9.59 Å². The van der Waals surface area contributed by atoms with Crippen molar-refractivity contribution < 1.29 is 9.53 Å². The largest absolute Gasteiger partial charge is 0.379 e. The van der Waals surface area contributed by atoms with Crippen LogP contribution in [0.25, 0.3) is 11.0 Å². The minimum atomic E-state index is -0.254. The van der Waals surface area contributed by atoms with Crippen LogP contribution in [0.3, 0.4) is 0 Å². The summed E-state index contributed by atoms with van der Waals surface area (Å²) in [4.78, 5) is 30.9. The van der Waals surface area contributed by atoms with Gasteiger partial charge in [-0.2, -0.15) is 0 Å². The van der Waals surface area contributed by atoms with Gasteiger partial charge < -0.3 is 20.0 Å². The Hall–Kier alpha value is -2.12. The Morgan fingerprint density at radius 1 is 1.29 bits per heavy atom. The fourth-order valence-corrected chi connectivity index (χ4v) is 2.49. The molecular weight excluding hydrogens is 272 g/mol. The number of fused-ring (bicyclic) bond motifs is 1. The molecule has 1 amide bonds. The van der Waals surface area contributed by atoms with Gasteiger partial charge in [-0.15, -0.1) is 0 Å². The number of hydrogen-bond acceptors (Lipinski definition) is 4. The first kappa shape index (κ1) is 13.8. The third-order valence-corrected chi connectivity index (χ3v) is 3.76. The maximum Gasteiger partial charge on any atom is 0.323 e. The molecule has 7 heteroatoms. The Labute approximate surface area is 121 Å². The summed E-state index contributed by atoms with van der Waals surface area (Å²) in [6.07, 6.45) is 0. The van der Waals surface area contributed by atoms with E-state index in [0.717, 1.165) is 18.6 Å². The molecule has 2 aromatic rings. The zero-order valence-corrected chi connectivity index (χ0v) is 11.8. The molecule has 0 saturated carbocycles. The average Bonchev–Trinajstić information content (AvgIpc) is 2.86. The maximum atomic E-state index is 12.3. The topological polar surface area (TPSA) is 90.2 Å². The number of aromatic amines is 2. The predicted molar refractivity (Wildman–Crippen MR) is 79.4 cm³/mol. The molecule has 0 aliphatic carbocycles. The van der Waals surface area contributed by atoms with E-state index < -0.39 is 0 Å². The summed E-state index contributed by atoms with van der Waals surface area (Å²) < 4.78 is 5.29. The number of hydrogen-bond donors (Lipinski definition) is 3. The van der Waals surface area contributed by atoms with Crippen molar-refractivity contribution in [2.45, 2.75) is 13.0 Å². The molecule has 1 atom stereocenters. The van der Waals surface area contributed by atoms with Crippen molar-refractivity contribution in [3.05, 3.63) is 28.7 Å². The molecule has 1 aliphatic rings. The SMILES string of the molecule is CC(C(=O)Nc1ccc2[nH]c(=O)[nH]c2c1)N1CCOCC1. The number of imidazole rings is 1. The van der Waals surface area contributed by atoms with E-state index in [1.807, 2.05) is 6.92 Å². The molecule has 0 radical (unpaired) electrons. The Morgan fingerprint density at radius 2 is 2.00 bits per heavy atom. The number of nitrogens with one attached hydrogen (secondary N) is 3. The summed E-state index contributed by atoms with van der Waals surface area (Å²) in [6.45, 7) is 4.73. The zero-order chi connectivity index (χ0) is 14.8. The van der Waals surface area contributed by atoms with Gasteiger partial charge >= 0.3 is 5.69 Å². The lowest BCUT2D eigenvalue weighted by molar-refractivity contribution is -0.122. The lowest BCUT2D eigenvalue weighted by Gasteiger charge is -2.31. The van der Waals surface area contributed by atoms with Crippen LogP contribution in [0.1, 0.15) is 6.92 Å². The molecule has 112 valence electrons. The molecule has 0 spiro atoms. The molecule has 1 saturated heterocycles. The second-order valence-electron chi connectivity index (χ2n) is 5.15. The maximum absolute atomic E-state index is 12.3. The molecule has 2 heterocycles. The number of benzene rings is 1. The number of ether oxygens (including phenoxy) is 1. The van der Waals surface area contributed by atoms with E-state index in [2.05, 4.69) is 20.2 Å². The van der Waals surface area contributed by atoms with Crippen molar-refractivity contribution in [3.63, 3.8) is 0 Å². The molecule has 3 N–H and O–H groups in total. The minimum absolute atomic E-state index is 0.0610. The van der Waals surface area contributed by atoms with E-state index >= 15 is 0 Å². The van der Waals surface area contributed by atoms with E-state index in [1.54, 1.807) is 18.2 Å². The highest BCUT2D eigenvalue weighted by Gasteiger charge is 2.23. The summed E-state index contributed by atoms with van der Waals surface area (Å²) >= 11 is 0. The molecular formula is C14H18N4O3. The van der Waals surface area contributed by atoms with Crippen LogP contribution in [0.4, 0.5) is 5.69 Å². The Bertz CT molecular complexity index is 700. The number of carbonyl (C=O) groups excluding carboxylic acids is 1. The molecule has 3 rings (SSSR count). The summed E-state index contributed by atoms with van der Waals surface area (Å²) in [5.74, 6) is -0.0610. The second-order valence-corrected chi connectivity index (χ2v) is 5.15. The van der Waals surface area contributed by atoms with Crippen molar-refractivity contribution in [2.75, 3.05) is 31.6 Å². The van der Waals surface area contributed by atoms with Crippen LogP contribution in [-0.2, 0) is 9.53 Å². The summed E-state index contributed by atoms with van der Waals surface area (Å²) in [5, 5.41) is 2.88. The Kier molecular flexibility index (Phi) is 3.76. The van der Waals surface area contributed by atoms with Gasteiger partial charge in [0, 0.05) is 18.8 Å². The highest BCUT2D eigenvalue weighted by atomic mass is 16.5. The number of morpholine rings is 1. The van der Waals surface area contributed by atoms with Crippen LogP contribution in [-0.4, -0.2) is 53.1 Å². The first-order chi connectivity index (χ1) is 10.1. The van der Waals surface area contributed by atoms with Gasteiger partial charge in [0.1, 0.15) is 0 Å². The van der Waals surface area contributed by atoms with Gasteiger partial charge in [-0.1, -0.05) is 0 Å². The van der Waals surface area contributed by atoms with Crippen molar-refractivity contribution in [1.29, 1.82) is 0 Å². The van der Waals surface area contributed by atoms with Crippen LogP contribution in [0.2, 0.25) is 0 Å². The van der Waals surface area contributed by atoms with Crippen molar-refractivity contribution in [3.8, 4) is 0 Å². The molecule has 1 aliphatic heterocycles. The second kappa shape index (κ2) is 5.71. The van der Waals surface area contributed by atoms with Gasteiger partial charge in [0.2, 0.25) is 5.91 Å². The molecule has 1 fully saturated rings. The Balaban J connectivity index is 1.71. The number of anilines is 1. The molecule has 1 aromatic carbocycles. The number of H-pyrrole nitrogens is 2. The fourth-order valence-electron chi connectivity index (χ4n) is 2.49. The summed E-state index contributed by atoms with van der Waals surface area (Å²) in [7, 11) is 0. The predicted octanol–water partition coefficient (Wildman–Crippen LogP) is 0.515. The zero-order valence-electron chi connectivity index (χ0n) is 11.8. The monoisotopic (exact) mass is 290 g/mol. The molecule has 1 aromatic heterocycles. The molecule has 21 heavy (non-hydrogen) atoms. The molecule has 0 bridgehead atoms. The minimum Gasteiger partial charge on any atom is -0.379 e. The highest BCUT2D eigenvalue weighted by Crippen LogP contribution is 2.15. The molecule has 1 unspecified atom stereocenters. The van der Waals surface area contributed by atoms with E-state index in [0.29, 0.717) is 24.4 Å². The first-order valence-electron chi connectivity index (χ1n) is 6.98. The first-order valence-corrected chi connectivity index (χ1v) is 6.98.